The van der Waals surface area contributed by atoms with Gasteiger partial charge in [0.15, 0.2) is 0 Å². The number of rotatable bonds is 6. The molecule has 136 valence electrons. The molecular formula is C18H17IN2O5. The molecule has 2 heterocycles. The molecule has 0 aliphatic carbocycles. The predicted molar refractivity (Wildman–Crippen MR) is 101 cm³/mol. The van der Waals surface area contributed by atoms with Gasteiger partial charge in [0, 0.05) is 3.57 Å². The Labute approximate surface area is 163 Å². The average molecular weight is 468 g/mol. The van der Waals surface area contributed by atoms with Crippen LogP contribution in [0.25, 0.3) is 0 Å². The molecule has 0 radical (unpaired) electrons. The van der Waals surface area contributed by atoms with Crippen molar-refractivity contribution in [2.45, 2.75) is 13.0 Å². The first-order chi connectivity index (χ1) is 12.6. The Morgan fingerprint density at radius 1 is 1.31 bits per heavy atom. The van der Waals surface area contributed by atoms with Crippen molar-refractivity contribution in [3.05, 3.63) is 63.3 Å². The van der Waals surface area contributed by atoms with Gasteiger partial charge >= 0.3 is 12.0 Å². The summed E-state index contributed by atoms with van der Waals surface area (Å²) in [7, 11) is 0. The lowest BCUT2D eigenvalue weighted by molar-refractivity contribution is -0.139. The molecule has 2 aromatic rings. The molecule has 1 aliphatic heterocycles. The van der Waals surface area contributed by atoms with Gasteiger partial charge < -0.3 is 24.5 Å². The molecule has 1 aromatic heterocycles. The van der Waals surface area contributed by atoms with Crippen molar-refractivity contribution in [3.8, 4) is 5.75 Å². The number of amides is 2. The minimum atomic E-state index is -0.743. The number of hydrogen-bond donors (Lipinski definition) is 2. The van der Waals surface area contributed by atoms with E-state index in [1.807, 2.05) is 18.2 Å². The summed E-state index contributed by atoms with van der Waals surface area (Å²) in [4.78, 5) is 24.6. The Balaban J connectivity index is 1.93. The van der Waals surface area contributed by atoms with Crippen LogP contribution in [0.15, 0.2) is 58.3 Å². The monoisotopic (exact) mass is 468 g/mol. The molecule has 0 spiro atoms. The first-order valence-electron chi connectivity index (χ1n) is 7.98. The number of nitrogens with one attached hydrogen (secondary N) is 2. The van der Waals surface area contributed by atoms with Crippen molar-refractivity contribution in [1.82, 2.24) is 10.6 Å². The van der Waals surface area contributed by atoms with Gasteiger partial charge in [0.05, 0.1) is 24.1 Å². The smallest absolute Gasteiger partial charge is 0.338 e. The van der Waals surface area contributed by atoms with Crippen LogP contribution in [0.3, 0.4) is 0 Å². The first-order valence-corrected chi connectivity index (χ1v) is 9.05. The molecule has 2 N–H and O–H groups in total. The predicted octanol–water partition coefficient (Wildman–Crippen LogP) is 3.13. The zero-order valence-corrected chi connectivity index (χ0v) is 16.1. The molecule has 1 unspecified atom stereocenters. The normalized spacial score (nSPS) is 16.7. The van der Waals surface area contributed by atoms with E-state index in [1.54, 1.807) is 25.1 Å². The van der Waals surface area contributed by atoms with Crippen LogP contribution in [-0.2, 0) is 9.53 Å². The fraction of sp³-hybridized carbons (Fsp3) is 0.222. The minimum Gasteiger partial charge on any atom is -0.487 e. The number of esters is 1. The van der Waals surface area contributed by atoms with Gasteiger partial charge in [-0.1, -0.05) is 6.07 Å². The molecule has 2 amide bonds. The van der Waals surface area contributed by atoms with Crippen molar-refractivity contribution in [3.63, 3.8) is 0 Å². The van der Waals surface area contributed by atoms with Crippen molar-refractivity contribution in [1.29, 1.82) is 0 Å². The molecule has 1 aliphatic rings. The lowest BCUT2D eigenvalue weighted by Gasteiger charge is -2.27. The molecule has 7 nitrogen and oxygen atoms in total. The standard InChI is InChI=1S/C18H17IN2O5/c1-2-24-17(22)15-13(10-26-12-6-3-5-11(19)9-12)20-18(23)21-16(15)14-7-4-8-25-14/h3-9,16H,2,10H2,1H3,(H2,20,21,23). The average Bonchev–Trinajstić information content (AvgIpc) is 3.14. The molecular weight excluding hydrogens is 451 g/mol. The summed E-state index contributed by atoms with van der Waals surface area (Å²) in [6.45, 7) is 1.95. The van der Waals surface area contributed by atoms with E-state index in [1.165, 1.54) is 6.26 Å². The minimum absolute atomic E-state index is 0.0128. The maximum Gasteiger partial charge on any atom is 0.338 e. The lowest BCUT2D eigenvalue weighted by Crippen LogP contribution is -2.47. The first kappa shape index (κ1) is 18.3. The Kier molecular flexibility index (Phi) is 5.82. The van der Waals surface area contributed by atoms with Gasteiger partial charge in [-0.15, -0.1) is 0 Å². The van der Waals surface area contributed by atoms with E-state index < -0.39 is 18.0 Å². The number of benzene rings is 1. The van der Waals surface area contributed by atoms with Gasteiger partial charge in [0.25, 0.3) is 0 Å². The van der Waals surface area contributed by atoms with Crippen LogP contribution in [0.1, 0.15) is 18.7 Å². The Hall–Kier alpha value is -2.49. The molecule has 26 heavy (non-hydrogen) atoms. The van der Waals surface area contributed by atoms with Crippen LogP contribution in [0.2, 0.25) is 0 Å². The van der Waals surface area contributed by atoms with E-state index in [-0.39, 0.29) is 18.8 Å². The van der Waals surface area contributed by atoms with Gasteiger partial charge in [-0.25, -0.2) is 9.59 Å². The summed E-state index contributed by atoms with van der Waals surface area (Å²) in [5, 5.41) is 5.33. The summed E-state index contributed by atoms with van der Waals surface area (Å²) in [6.07, 6.45) is 1.48. The number of ether oxygens (including phenoxy) is 2. The SMILES string of the molecule is CCOC(=O)C1=C(COc2cccc(I)c2)NC(=O)NC1c1ccco1. The Bertz CT molecular complexity index is 832. The molecule has 8 heteroatoms. The largest absolute Gasteiger partial charge is 0.487 e. The van der Waals surface area contributed by atoms with Crippen molar-refractivity contribution in [2.75, 3.05) is 13.2 Å². The van der Waals surface area contributed by atoms with Gasteiger partial charge in [0.1, 0.15) is 24.2 Å². The maximum absolute atomic E-state index is 12.5. The third-order valence-electron chi connectivity index (χ3n) is 3.66. The Morgan fingerprint density at radius 3 is 2.85 bits per heavy atom. The molecule has 3 rings (SSSR count). The highest BCUT2D eigenvalue weighted by molar-refractivity contribution is 14.1. The highest BCUT2D eigenvalue weighted by atomic mass is 127. The third-order valence-corrected chi connectivity index (χ3v) is 4.33. The number of furan rings is 1. The van der Waals surface area contributed by atoms with E-state index in [4.69, 9.17) is 13.9 Å². The van der Waals surface area contributed by atoms with E-state index in [2.05, 4.69) is 33.2 Å². The number of carbonyl (C=O) groups is 2. The lowest BCUT2D eigenvalue weighted by atomic mass is 10.0. The van der Waals surface area contributed by atoms with Crippen LogP contribution in [-0.4, -0.2) is 25.2 Å². The van der Waals surface area contributed by atoms with Crippen LogP contribution < -0.4 is 15.4 Å². The molecule has 0 fully saturated rings. The molecule has 1 aromatic carbocycles. The zero-order chi connectivity index (χ0) is 18.5. The maximum atomic E-state index is 12.5. The highest BCUT2D eigenvalue weighted by Gasteiger charge is 2.35. The molecule has 0 saturated heterocycles. The zero-order valence-electron chi connectivity index (χ0n) is 14.0. The van der Waals surface area contributed by atoms with E-state index >= 15 is 0 Å². The second kappa shape index (κ2) is 8.26. The van der Waals surface area contributed by atoms with Gasteiger partial charge in [-0.2, -0.15) is 0 Å². The number of halogens is 1. The second-order valence-electron chi connectivity index (χ2n) is 5.41. The summed E-state index contributed by atoms with van der Waals surface area (Å²) in [6, 6.07) is 9.66. The van der Waals surface area contributed by atoms with E-state index in [0.717, 1.165) is 3.57 Å². The molecule has 0 bridgehead atoms. The van der Waals surface area contributed by atoms with Crippen LogP contribution >= 0.6 is 22.6 Å². The highest BCUT2D eigenvalue weighted by Crippen LogP contribution is 2.28. The molecule has 0 saturated carbocycles. The fourth-order valence-electron chi connectivity index (χ4n) is 2.56. The summed E-state index contributed by atoms with van der Waals surface area (Å²) in [5.74, 6) is 0.534. The second-order valence-corrected chi connectivity index (χ2v) is 6.65. The number of urea groups is 1. The number of carbonyl (C=O) groups excluding carboxylic acids is 2. The summed E-state index contributed by atoms with van der Waals surface area (Å²) in [5.41, 5.74) is 0.597. The van der Waals surface area contributed by atoms with Gasteiger partial charge in [-0.3, -0.25) is 0 Å². The van der Waals surface area contributed by atoms with Gasteiger partial charge in [-0.05, 0) is 59.8 Å². The van der Waals surface area contributed by atoms with Crippen molar-refractivity contribution >= 4 is 34.6 Å². The van der Waals surface area contributed by atoms with Crippen LogP contribution in [0.4, 0.5) is 4.79 Å². The van der Waals surface area contributed by atoms with Crippen LogP contribution in [0.5, 0.6) is 5.75 Å². The summed E-state index contributed by atoms with van der Waals surface area (Å²) < 4.78 is 17.3. The quantitative estimate of drug-likeness (QED) is 0.503. The van der Waals surface area contributed by atoms with Gasteiger partial charge in [0.2, 0.25) is 0 Å². The summed E-state index contributed by atoms with van der Waals surface area (Å²) >= 11 is 2.18. The van der Waals surface area contributed by atoms with Crippen molar-refractivity contribution < 1.29 is 23.5 Å². The van der Waals surface area contributed by atoms with Crippen LogP contribution in [0, 0.1) is 3.57 Å². The third kappa shape index (κ3) is 4.18. The fourth-order valence-corrected chi connectivity index (χ4v) is 3.08. The van der Waals surface area contributed by atoms with Crippen molar-refractivity contribution in [2.24, 2.45) is 0 Å². The van der Waals surface area contributed by atoms with E-state index in [9.17, 15) is 9.59 Å². The Morgan fingerprint density at radius 2 is 2.15 bits per heavy atom. The van der Waals surface area contributed by atoms with E-state index in [0.29, 0.717) is 17.2 Å². The topological polar surface area (TPSA) is 89.8 Å². The molecule has 1 atom stereocenters. The number of hydrogen-bond acceptors (Lipinski definition) is 5.